The smallest absolute Gasteiger partial charge is 0.426 e. The molecule has 1 saturated heterocycles. The van der Waals surface area contributed by atoms with Gasteiger partial charge in [-0.05, 0) is 126 Å². The first-order valence-corrected chi connectivity index (χ1v) is 44.4. The van der Waals surface area contributed by atoms with Gasteiger partial charge in [0.15, 0.2) is 6.10 Å². The molecule has 0 radical (unpaired) electrons. The van der Waals surface area contributed by atoms with E-state index in [1.54, 1.807) is 62.1 Å². The van der Waals surface area contributed by atoms with E-state index in [1.807, 2.05) is 39.6 Å². The van der Waals surface area contributed by atoms with E-state index in [0.29, 0.717) is 55.4 Å². The van der Waals surface area contributed by atoms with Crippen molar-refractivity contribution < 1.29 is 112 Å². The molecule has 12 amide bonds. The SMILES string of the molecule is CCCCCCCOCN(C(=O)C(NC(=O)C1CCCCN1C)C(C)CC)[C@H](C[C@@H](OC(C)=O)c1nc(C(=O)N[C@@H](Cc2ccc(O)cc2)CC(C)C(=O)NNC(=O)OCCSSC[C@@H](C)NC(=O)[C@H](CC(=O)O)NC(=O)C(CC(=O)O)NC(=O)Cc2ccc(CNC(=O)NCCCC[C@@H](C)NC(=O)N[C@@H](CCC(=O)O)C(=O)O)cc2)cs1)C(C)C. The number of amides is 12. The minimum atomic E-state index is -1.73. The van der Waals surface area contributed by atoms with Crippen molar-refractivity contribution in [2.24, 2.45) is 17.8 Å². The summed E-state index contributed by atoms with van der Waals surface area (Å²) in [5, 5.41) is 72.8. The van der Waals surface area contributed by atoms with Crippen LogP contribution in [-0.4, -0.2) is 236 Å². The van der Waals surface area contributed by atoms with Gasteiger partial charge in [0.1, 0.15) is 54.0 Å². The molecule has 0 bridgehead atoms. The first-order chi connectivity index (χ1) is 57.5. The summed E-state index contributed by atoms with van der Waals surface area (Å²) in [6.45, 7) is 17.4. The van der Waals surface area contributed by atoms with Crippen molar-refractivity contribution >= 4 is 122 Å². The van der Waals surface area contributed by atoms with Gasteiger partial charge in [-0.1, -0.05) is 138 Å². The summed E-state index contributed by atoms with van der Waals surface area (Å²) in [6, 6.07) is 3.02. The number of piperidine rings is 1. The number of ether oxygens (including phenoxy) is 3. The van der Waals surface area contributed by atoms with E-state index in [-0.39, 0.29) is 122 Å². The number of aliphatic carboxylic acids is 4. The number of carboxylic acid groups (broad SMARTS) is 4. The fourth-order valence-electron chi connectivity index (χ4n) is 13.0. The highest BCUT2D eigenvalue weighted by Gasteiger charge is 2.40. The number of carbonyl (C=O) groups is 15. The Balaban J connectivity index is 1.26. The van der Waals surface area contributed by atoms with Gasteiger partial charge in [-0.3, -0.25) is 63.1 Å². The molecule has 1 fully saturated rings. The van der Waals surface area contributed by atoms with Crippen molar-refractivity contribution in [2.45, 2.75) is 258 Å². The van der Waals surface area contributed by atoms with Gasteiger partial charge in [-0.25, -0.2) is 29.6 Å². The summed E-state index contributed by atoms with van der Waals surface area (Å²) in [5.74, 6) is -11.7. The van der Waals surface area contributed by atoms with E-state index in [2.05, 4.69) is 65.6 Å². The van der Waals surface area contributed by atoms with Crippen LogP contribution in [0.5, 0.6) is 5.75 Å². The molecule has 2 aromatic carbocycles. The Kier molecular flexibility index (Phi) is 47.6. The number of hydrazine groups is 1. The number of hydrogen-bond donors (Lipinski definition) is 16. The maximum Gasteiger partial charge on any atom is 0.426 e. The van der Waals surface area contributed by atoms with Gasteiger partial charge < -0.3 is 92.5 Å². The van der Waals surface area contributed by atoms with Crippen LogP contribution >= 0.6 is 32.9 Å². The lowest BCUT2D eigenvalue weighted by molar-refractivity contribution is -0.153. The van der Waals surface area contributed by atoms with Crippen LogP contribution in [-0.2, 0) is 86.3 Å². The number of aromatic nitrogens is 1. The molecule has 0 aliphatic carbocycles. The summed E-state index contributed by atoms with van der Waals surface area (Å²) in [7, 11) is 4.39. The molecule has 2 heterocycles. The molecule has 16 N–H and O–H groups in total. The number of urea groups is 2. The van der Waals surface area contributed by atoms with Crippen molar-refractivity contribution in [3.05, 3.63) is 81.3 Å². The number of hydrogen-bond acceptors (Lipinski definition) is 24. The number of nitrogens with one attached hydrogen (secondary N) is 11. The number of likely N-dealkylation sites (tertiary alicyclic amines) is 1. The molecule has 5 unspecified atom stereocenters. The maximum absolute atomic E-state index is 15.2. The Morgan fingerprint density at radius 1 is 0.653 bits per heavy atom. The second kappa shape index (κ2) is 55.8. The molecule has 12 atom stereocenters. The zero-order valence-electron chi connectivity index (χ0n) is 70.7. The Bertz CT molecular complexity index is 3840. The molecule has 0 saturated carbocycles. The maximum atomic E-state index is 15.2. The van der Waals surface area contributed by atoms with Gasteiger partial charge in [0, 0.05) is 86.4 Å². The molecular formula is C81H124N14O23S3. The number of carbonyl (C=O) groups excluding carboxylic acids is 11. The summed E-state index contributed by atoms with van der Waals surface area (Å²) in [4.78, 5) is 202. The van der Waals surface area contributed by atoms with E-state index in [0.717, 1.165) is 62.8 Å². The number of esters is 1. The van der Waals surface area contributed by atoms with Crippen LogP contribution in [0.4, 0.5) is 14.4 Å². The Hall–Kier alpha value is -10.1. The van der Waals surface area contributed by atoms with E-state index >= 15 is 4.79 Å². The molecule has 4 rings (SSSR count). The molecular weight excluding hydrogens is 1630 g/mol. The number of phenols is 1. The quantitative estimate of drug-likeness (QED) is 0.00907. The minimum absolute atomic E-state index is 0.00686. The Labute approximate surface area is 717 Å². The molecule has 1 aromatic heterocycles. The third-order valence-electron chi connectivity index (χ3n) is 19.9. The number of phenolic OH excluding ortho intramolecular Hbond substituents is 1. The second-order valence-electron chi connectivity index (χ2n) is 30.6. The lowest BCUT2D eigenvalue weighted by Crippen LogP contribution is -2.59. The number of likely N-dealkylation sites (N-methyl/N-ethyl adjacent to an activating group) is 1. The van der Waals surface area contributed by atoms with Crippen LogP contribution in [0.2, 0.25) is 0 Å². The number of unbranched alkanes of at least 4 members (excludes halogenated alkanes) is 5. The molecule has 674 valence electrons. The summed E-state index contributed by atoms with van der Waals surface area (Å²) in [5.41, 5.74) is 6.33. The minimum Gasteiger partial charge on any atom is -0.508 e. The first kappa shape index (κ1) is 103. The van der Waals surface area contributed by atoms with Crippen molar-refractivity contribution in [1.82, 2.24) is 73.5 Å². The van der Waals surface area contributed by atoms with Gasteiger partial charge in [0.2, 0.25) is 35.4 Å². The zero-order chi connectivity index (χ0) is 89.7. The molecule has 1 aliphatic heterocycles. The summed E-state index contributed by atoms with van der Waals surface area (Å²) >= 11 is 1.09. The topological polar surface area (TPSA) is 537 Å². The zero-order valence-corrected chi connectivity index (χ0v) is 73.1. The number of rotatable bonds is 56. The number of carboxylic acids is 4. The van der Waals surface area contributed by atoms with Gasteiger partial charge in [-0.15, -0.1) is 11.3 Å². The summed E-state index contributed by atoms with van der Waals surface area (Å²) in [6.07, 6.45) is 5.08. The predicted molar refractivity (Wildman–Crippen MR) is 452 cm³/mol. The lowest BCUT2D eigenvalue weighted by atomic mass is 9.92. The molecule has 121 heavy (non-hydrogen) atoms. The van der Waals surface area contributed by atoms with E-state index < -0.39 is 151 Å². The normalized spacial score (nSPS) is 15.4. The van der Waals surface area contributed by atoms with E-state index in [4.69, 9.17) is 24.3 Å². The predicted octanol–water partition coefficient (Wildman–Crippen LogP) is 6.80. The number of aromatic hydroxyl groups is 1. The fraction of sp³-hybridized carbons (Fsp3) is 0.630. The second-order valence-corrected chi connectivity index (χ2v) is 34.1. The van der Waals surface area contributed by atoms with Gasteiger partial charge in [0.05, 0.1) is 25.3 Å². The first-order valence-electron chi connectivity index (χ1n) is 41.0. The fourth-order valence-corrected chi connectivity index (χ4v) is 15.9. The van der Waals surface area contributed by atoms with Crippen LogP contribution in [0, 0.1) is 17.8 Å². The summed E-state index contributed by atoms with van der Waals surface area (Å²) < 4.78 is 17.5. The van der Waals surface area contributed by atoms with Gasteiger partial charge in [0.25, 0.3) is 5.91 Å². The van der Waals surface area contributed by atoms with Gasteiger partial charge in [-0.2, -0.15) is 0 Å². The average molecular weight is 1760 g/mol. The highest BCUT2D eigenvalue weighted by molar-refractivity contribution is 8.76. The third kappa shape index (κ3) is 40.9. The molecule has 0 spiro atoms. The number of nitrogens with zero attached hydrogens (tertiary/aromatic N) is 3. The number of benzene rings is 2. The van der Waals surface area contributed by atoms with Crippen molar-refractivity contribution in [3.63, 3.8) is 0 Å². The Morgan fingerprint density at radius 3 is 1.95 bits per heavy atom. The van der Waals surface area contributed by atoms with Crippen molar-refractivity contribution in [3.8, 4) is 5.75 Å². The monoisotopic (exact) mass is 1760 g/mol. The standard InChI is InChI=1S/C81H124N14O23S3/c1-11-13-14-15-20-35-116-47-95(77(110)70(49(5)12-2)91-75(109)63-22-17-19-34-94(63)10)64(48(3)4)43-65(118-53(9)96)76-89-62(46-119-76)74(108)86-57(39-54-27-29-58(97)30-28-54)38-50(6)71(105)92-93-81(115)117-36-37-120-121-45-52(8)84-72(106)61(42-69(103)104)88-73(107)60(41-68(101)102)87-66(98)40-55-23-25-56(26-24-55)44-83-79(113)82-33-18-16-21-51(7)85-80(114)90-59(78(111)112)31-32-67(99)100/h23-30,46,48-52,57,59-61,63-65,70,97H,11-22,31-45,47H2,1-10H3,(H,84,106)(H,86,108)(H,87,98)(H,88,107)(H,91,109)(H,92,105)(H,93,115)(H,99,100)(H,101,102)(H,103,104)(H,111,112)(H2,82,83,113)(H2,85,90,114)/t49?,50?,51-,52-,57-,59+,60?,61+,63?,64-,65-,70?/m1/s1. The van der Waals surface area contributed by atoms with Crippen molar-refractivity contribution in [1.29, 1.82) is 0 Å². The third-order valence-corrected chi connectivity index (χ3v) is 23.4. The van der Waals surface area contributed by atoms with Crippen LogP contribution in [0.25, 0.3) is 0 Å². The van der Waals surface area contributed by atoms with Crippen LogP contribution < -0.4 is 58.7 Å². The largest absolute Gasteiger partial charge is 0.508 e. The Morgan fingerprint density at radius 2 is 1.31 bits per heavy atom. The highest BCUT2D eigenvalue weighted by Crippen LogP contribution is 2.33. The average Bonchev–Trinajstić information content (AvgIpc) is 1.80. The molecule has 40 heteroatoms. The van der Waals surface area contributed by atoms with E-state index in [9.17, 15) is 87.5 Å². The molecule has 1 aliphatic rings. The van der Waals surface area contributed by atoms with Crippen LogP contribution in [0.15, 0.2) is 53.9 Å². The van der Waals surface area contributed by atoms with Crippen molar-refractivity contribution in [2.75, 3.05) is 51.6 Å². The van der Waals surface area contributed by atoms with Crippen LogP contribution in [0.3, 0.4) is 0 Å². The van der Waals surface area contributed by atoms with Gasteiger partial charge >= 0.3 is 48.0 Å². The number of thiazole rings is 1. The highest BCUT2D eigenvalue weighted by atomic mass is 33.1. The molecule has 37 nitrogen and oxygen atoms in total. The van der Waals surface area contributed by atoms with Crippen LogP contribution in [0.1, 0.15) is 216 Å². The lowest BCUT2D eigenvalue weighted by Gasteiger charge is -2.40. The molecule has 3 aromatic rings. The van der Waals surface area contributed by atoms with E-state index in [1.165, 1.54) is 46.0 Å².